The van der Waals surface area contributed by atoms with E-state index in [2.05, 4.69) is 24.2 Å². The number of rotatable bonds is 2. The third-order valence-electron chi connectivity index (χ3n) is 3.30. The number of nitrogens with two attached hydrogens (primary N) is 1. The summed E-state index contributed by atoms with van der Waals surface area (Å²) in [5.74, 6) is 0.525. The Morgan fingerprint density at radius 2 is 2.53 bits per heavy atom. The Balaban J connectivity index is 2.11. The molecule has 2 rings (SSSR count). The van der Waals surface area contributed by atoms with Gasteiger partial charge in [-0.1, -0.05) is 6.92 Å². The third kappa shape index (κ3) is 2.32. The van der Waals surface area contributed by atoms with Crippen LogP contribution in [0, 0.1) is 0 Å². The van der Waals surface area contributed by atoms with Crippen LogP contribution in [0.25, 0.3) is 0 Å². The van der Waals surface area contributed by atoms with Crippen LogP contribution in [-0.4, -0.2) is 17.2 Å². The number of ether oxygens (including phenoxy) is 1. The van der Waals surface area contributed by atoms with Crippen molar-refractivity contribution in [2.45, 2.75) is 44.6 Å². The molecule has 2 N–H and O–H groups in total. The lowest BCUT2D eigenvalue weighted by molar-refractivity contribution is -0.0750. The number of anilines is 1. The first-order chi connectivity index (χ1) is 7.13. The fourth-order valence-corrected chi connectivity index (χ4v) is 2.76. The molecule has 1 aliphatic heterocycles. The summed E-state index contributed by atoms with van der Waals surface area (Å²) in [6, 6.07) is 0. The van der Waals surface area contributed by atoms with Gasteiger partial charge in [-0.25, -0.2) is 4.98 Å². The van der Waals surface area contributed by atoms with Crippen molar-refractivity contribution < 1.29 is 4.74 Å². The number of nitrogens with zero attached hydrogens (tertiary/aromatic N) is 1. The van der Waals surface area contributed by atoms with Gasteiger partial charge in [-0.3, -0.25) is 0 Å². The molecular formula is C11H18N2OS. The maximum Gasteiger partial charge on any atom is 0.180 e. The van der Waals surface area contributed by atoms with E-state index < -0.39 is 0 Å². The summed E-state index contributed by atoms with van der Waals surface area (Å²) in [5, 5.41) is 2.76. The Morgan fingerprint density at radius 3 is 3.13 bits per heavy atom. The molecule has 15 heavy (non-hydrogen) atoms. The molecule has 0 saturated carbocycles. The average Bonchev–Trinajstić information content (AvgIpc) is 2.65. The lowest BCUT2D eigenvalue weighted by Gasteiger charge is -2.37. The smallest absolute Gasteiger partial charge is 0.180 e. The quantitative estimate of drug-likeness (QED) is 0.843. The first kappa shape index (κ1) is 10.9. The van der Waals surface area contributed by atoms with Crippen LogP contribution in [0.5, 0.6) is 0 Å². The van der Waals surface area contributed by atoms with E-state index in [0.717, 1.165) is 31.6 Å². The zero-order valence-corrected chi connectivity index (χ0v) is 10.1. The molecule has 1 aliphatic rings. The summed E-state index contributed by atoms with van der Waals surface area (Å²) >= 11 is 1.53. The van der Waals surface area contributed by atoms with Crippen molar-refractivity contribution in [1.29, 1.82) is 0 Å². The minimum Gasteiger partial charge on any atom is -0.375 e. The number of thiazole rings is 1. The predicted molar refractivity (Wildman–Crippen MR) is 63.1 cm³/mol. The van der Waals surface area contributed by atoms with E-state index in [1.54, 1.807) is 0 Å². The van der Waals surface area contributed by atoms with Crippen LogP contribution in [0.1, 0.15) is 44.7 Å². The maximum absolute atomic E-state index is 5.82. The van der Waals surface area contributed by atoms with Crippen LogP contribution in [0.15, 0.2) is 5.38 Å². The van der Waals surface area contributed by atoms with E-state index in [1.807, 2.05) is 0 Å². The molecule has 84 valence electrons. The normalized spacial score (nSPS) is 31.7. The van der Waals surface area contributed by atoms with Crippen molar-refractivity contribution in [3.8, 4) is 0 Å². The molecule has 0 aliphatic carbocycles. The van der Waals surface area contributed by atoms with Crippen molar-refractivity contribution >= 4 is 16.5 Å². The molecule has 1 aromatic heterocycles. The highest BCUT2D eigenvalue weighted by atomic mass is 32.1. The monoisotopic (exact) mass is 226 g/mol. The number of hydrogen-bond donors (Lipinski definition) is 1. The lowest BCUT2D eigenvalue weighted by Crippen LogP contribution is -2.35. The molecule has 1 fully saturated rings. The standard InChI is InChI=1S/C11H18N2OS/c1-3-11(2)6-8(4-5-14-11)9-7-15-10(12)13-9/h7-8H,3-6H2,1-2H3,(H2,12,13)/t8-,11+/m1/s1. The van der Waals surface area contributed by atoms with Gasteiger partial charge in [-0.05, 0) is 26.2 Å². The second kappa shape index (κ2) is 4.10. The molecule has 2 heterocycles. The zero-order valence-electron chi connectivity index (χ0n) is 9.32. The fraction of sp³-hybridized carbons (Fsp3) is 0.727. The molecule has 0 amide bonds. The van der Waals surface area contributed by atoms with Crippen LogP contribution in [0.2, 0.25) is 0 Å². The Hall–Kier alpha value is -0.610. The predicted octanol–water partition coefficient (Wildman–Crippen LogP) is 2.79. The van der Waals surface area contributed by atoms with Crippen LogP contribution in [-0.2, 0) is 4.74 Å². The summed E-state index contributed by atoms with van der Waals surface area (Å²) in [6.07, 6.45) is 3.19. The van der Waals surface area contributed by atoms with E-state index in [-0.39, 0.29) is 5.60 Å². The maximum atomic E-state index is 5.82. The SMILES string of the molecule is CC[C@@]1(C)C[C@H](c2csc(N)n2)CCO1. The van der Waals surface area contributed by atoms with Gasteiger partial charge >= 0.3 is 0 Å². The minimum atomic E-state index is 0.0291. The molecule has 0 bridgehead atoms. The molecule has 1 aromatic rings. The molecule has 4 heteroatoms. The number of nitrogen functional groups attached to an aromatic ring is 1. The molecule has 3 nitrogen and oxygen atoms in total. The minimum absolute atomic E-state index is 0.0291. The topological polar surface area (TPSA) is 48.1 Å². The number of hydrogen-bond acceptors (Lipinski definition) is 4. The van der Waals surface area contributed by atoms with Crippen molar-refractivity contribution in [2.24, 2.45) is 0 Å². The van der Waals surface area contributed by atoms with Gasteiger partial charge in [0, 0.05) is 17.9 Å². The Morgan fingerprint density at radius 1 is 1.73 bits per heavy atom. The highest BCUT2D eigenvalue weighted by Gasteiger charge is 2.33. The van der Waals surface area contributed by atoms with Gasteiger partial charge in [-0.15, -0.1) is 11.3 Å². The van der Waals surface area contributed by atoms with Crippen molar-refractivity contribution in [2.75, 3.05) is 12.3 Å². The van der Waals surface area contributed by atoms with Gasteiger partial charge in [0.15, 0.2) is 5.13 Å². The van der Waals surface area contributed by atoms with Gasteiger partial charge < -0.3 is 10.5 Å². The van der Waals surface area contributed by atoms with Crippen LogP contribution >= 0.6 is 11.3 Å². The molecular weight excluding hydrogens is 208 g/mol. The van der Waals surface area contributed by atoms with Gasteiger partial charge in [0.1, 0.15) is 0 Å². The Labute approximate surface area is 94.7 Å². The van der Waals surface area contributed by atoms with Gasteiger partial charge in [0.05, 0.1) is 11.3 Å². The summed E-state index contributed by atoms with van der Waals surface area (Å²) < 4.78 is 5.82. The summed E-state index contributed by atoms with van der Waals surface area (Å²) in [7, 11) is 0. The zero-order chi connectivity index (χ0) is 10.9. The first-order valence-electron chi connectivity index (χ1n) is 5.48. The molecule has 0 unspecified atom stereocenters. The van der Waals surface area contributed by atoms with E-state index in [4.69, 9.17) is 10.5 Å². The van der Waals surface area contributed by atoms with Crippen molar-refractivity contribution in [3.63, 3.8) is 0 Å². The van der Waals surface area contributed by atoms with E-state index >= 15 is 0 Å². The molecule has 0 radical (unpaired) electrons. The second-order valence-corrected chi connectivity index (χ2v) is 5.34. The molecule has 1 saturated heterocycles. The summed E-state index contributed by atoms with van der Waals surface area (Å²) in [4.78, 5) is 4.37. The second-order valence-electron chi connectivity index (χ2n) is 4.45. The molecule has 2 atom stereocenters. The van der Waals surface area contributed by atoms with Gasteiger partial charge in [-0.2, -0.15) is 0 Å². The van der Waals surface area contributed by atoms with E-state index in [1.165, 1.54) is 11.3 Å². The fourth-order valence-electron chi connectivity index (χ4n) is 2.12. The van der Waals surface area contributed by atoms with Crippen LogP contribution in [0.3, 0.4) is 0 Å². The number of aromatic nitrogens is 1. The largest absolute Gasteiger partial charge is 0.375 e. The summed E-state index contributed by atoms with van der Waals surface area (Å²) in [5.41, 5.74) is 6.84. The Kier molecular flexibility index (Phi) is 2.98. The Bertz CT molecular complexity index is 339. The molecule has 0 spiro atoms. The lowest BCUT2D eigenvalue weighted by atomic mass is 9.84. The highest BCUT2D eigenvalue weighted by Crippen LogP contribution is 2.37. The van der Waals surface area contributed by atoms with E-state index in [0.29, 0.717) is 11.0 Å². The molecule has 0 aromatic carbocycles. The van der Waals surface area contributed by atoms with Crippen molar-refractivity contribution in [1.82, 2.24) is 4.98 Å². The third-order valence-corrected chi connectivity index (χ3v) is 3.99. The van der Waals surface area contributed by atoms with Gasteiger partial charge in [0.2, 0.25) is 0 Å². The summed E-state index contributed by atoms with van der Waals surface area (Å²) in [6.45, 7) is 5.21. The average molecular weight is 226 g/mol. The van der Waals surface area contributed by atoms with Crippen molar-refractivity contribution in [3.05, 3.63) is 11.1 Å². The van der Waals surface area contributed by atoms with Crippen LogP contribution < -0.4 is 5.73 Å². The van der Waals surface area contributed by atoms with E-state index in [9.17, 15) is 0 Å². The highest BCUT2D eigenvalue weighted by molar-refractivity contribution is 7.13. The first-order valence-corrected chi connectivity index (χ1v) is 6.36. The van der Waals surface area contributed by atoms with Crippen LogP contribution in [0.4, 0.5) is 5.13 Å². The van der Waals surface area contributed by atoms with Gasteiger partial charge in [0.25, 0.3) is 0 Å².